The van der Waals surface area contributed by atoms with E-state index in [9.17, 15) is 14.0 Å². The van der Waals surface area contributed by atoms with Crippen LogP contribution in [0.2, 0.25) is 0 Å². The zero-order valence-corrected chi connectivity index (χ0v) is 13.0. The van der Waals surface area contributed by atoms with Crippen LogP contribution in [0.15, 0.2) is 53.0 Å². The Labute approximate surface area is 135 Å². The Bertz CT molecular complexity index is 733. The maximum atomic E-state index is 13.0. The molecule has 6 heteroatoms. The van der Waals surface area contributed by atoms with Gasteiger partial charge in [0.1, 0.15) is 11.9 Å². The van der Waals surface area contributed by atoms with Crippen molar-refractivity contribution in [3.8, 4) is 0 Å². The van der Waals surface area contributed by atoms with Crippen LogP contribution in [-0.2, 0) is 9.59 Å². The summed E-state index contributed by atoms with van der Waals surface area (Å²) in [6.07, 6.45) is 0.0670. The molecule has 0 saturated carbocycles. The number of hydrogen-bond donors (Lipinski definition) is 1. The topological polar surface area (TPSA) is 49.4 Å². The second-order valence-electron chi connectivity index (χ2n) is 4.92. The zero-order chi connectivity index (χ0) is 15.7. The summed E-state index contributed by atoms with van der Waals surface area (Å²) >= 11 is 3.39. The molecule has 0 radical (unpaired) electrons. The van der Waals surface area contributed by atoms with Crippen molar-refractivity contribution < 1.29 is 14.0 Å². The molecule has 2 aromatic carbocycles. The Balaban J connectivity index is 1.82. The number of hydrogen-bond acceptors (Lipinski definition) is 3. The highest BCUT2D eigenvalue weighted by Gasteiger charge is 2.39. The van der Waals surface area contributed by atoms with Crippen molar-refractivity contribution in [2.45, 2.75) is 12.5 Å². The Morgan fingerprint density at radius 3 is 2.45 bits per heavy atom. The van der Waals surface area contributed by atoms with Crippen molar-refractivity contribution in [2.75, 3.05) is 10.2 Å². The first-order valence-corrected chi connectivity index (χ1v) is 7.49. The Hall–Kier alpha value is -2.21. The first-order chi connectivity index (χ1) is 10.6. The molecule has 1 N–H and O–H groups in total. The lowest BCUT2D eigenvalue weighted by atomic mass is 10.2. The minimum Gasteiger partial charge on any atom is -0.372 e. The molecule has 0 spiro atoms. The van der Waals surface area contributed by atoms with Crippen LogP contribution in [0.25, 0.3) is 0 Å². The molecule has 1 fully saturated rings. The largest absolute Gasteiger partial charge is 0.372 e. The zero-order valence-electron chi connectivity index (χ0n) is 11.4. The minimum atomic E-state index is -0.628. The number of para-hydroxylation sites is 1. The second-order valence-corrected chi connectivity index (χ2v) is 5.78. The highest BCUT2D eigenvalue weighted by atomic mass is 79.9. The maximum absolute atomic E-state index is 13.0. The molecule has 4 nitrogen and oxygen atoms in total. The molecular formula is C16H12BrFN2O2. The molecule has 112 valence electrons. The van der Waals surface area contributed by atoms with Gasteiger partial charge in [0, 0.05) is 10.2 Å². The van der Waals surface area contributed by atoms with Gasteiger partial charge in [-0.1, -0.05) is 12.1 Å². The van der Waals surface area contributed by atoms with E-state index in [1.54, 1.807) is 0 Å². The highest BCUT2D eigenvalue weighted by molar-refractivity contribution is 9.10. The fourth-order valence-corrected chi connectivity index (χ4v) is 2.77. The van der Waals surface area contributed by atoms with E-state index in [1.807, 2.05) is 24.3 Å². The standard InChI is InChI=1S/C16H12BrFN2O2/c17-12-3-1-2-4-13(12)19-14-9-15(21)20(16(14)22)11-7-5-10(18)6-8-11/h1-8,14,19H,9H2/t14-/m1/s1. The third-order valence-corrected chi connectivity index (χ3v) is 4.13. The van der Waals surface area contributed by atoms with E-state index in [0.29, 0.717) is 5.69 Å². The maximum Gasteiger partial charge on any atom is 0.256 e. The summed E-state index contributed by atoms with van der Waals surface area (Å²) in [4.78, 5) is 25.7. The van der Waals surface area contributed by atoms with Crippen molar-refractivity contribution >= 4 is 39.1 Å². The summed E-state index contributed by atoms with van der Waals surface area (Å²) in [5.41, 5.74) is 1.13. The van der Waals surface area contributed by atoms with E-state index in [-0.39, 0.29) is 18.2 Å². The number of rotatable bonds is 3. The minimum absolute atomic E-state index is 0.0670. The van der Waals surface area contributed by atoms with Crippen LogP contribution < -0.4 is 10.2 Å². The fourth-order valence-electron chi connectivity index (χ4n) is 2.37. The Morgan fingerprint density at radius 1 is 1.09 bits per heavy atom. The van der Waals surface area contributed by atoms with E-state index in [1.165, 1.54) is 24.3 Å². The monoisotopic (exact) mass is 362 g/mol. The van der Waals surface area contributed by atoms with Crippen LogP contribution in [0.4, 0.5) is 15.8 Å². The lowest BCUT2D eigenvalue weighted by molar-refractivity contribution is -0.121. The van der Waals surface area contributed by atoms with Crippen molar-refractivity contribution in [2.24, 2.45) is 0 Å². The van der Waals surface area contributed by atoms with Crippen molar-refractivity contribution in [1.29, 1.82) is 0 Å². The summed E-state index contributed by atoms with van der Waals surface area (Å²) in [6, 6.07) is 12.0. The normalized spacial score (nSPS) is 17.9. The molecule has 3 rings (SSSR count). The van der Waals surface area contributed by atoms with Gasteiger partial charge >= 0.3 is 0 Å². The molecule has 1 atom stereocenters. The van der Waals surface area contributed by atoms with Gasteiger partial charge in [0.25, 0.3) is 5.91 Å². The first-order valence-electron chi connectivity index (χ1n) is 6.69. The van der Waals surface area contributed by atoms with Crippen LogP contribution in [0.1, 0.15) is 6.42 Å². The van der Waals surface area contributed by atoms with Crippen LogP contribution in [0.3, 0.4) is 0 Å². The van der Waals surface area contributed by atoms with Crippen molar-refractivity contribution in [3.63, 3.8) is 0 Å². The lowest BCUT2D eigenvalue weighted by Crippen LogP contribution is -2.34. The van der Waals surface area contributed by atoms with E-state index in [2.05, 4.69) is 21.2 Å². The van der Waals surface area contributed by atoms with E-state index in [4.69, 9.17) is 0 Å². The van der Waals surface area contributed by atoms with Gasteiger partial charge in [-0.05, 0) is 52.3 Å². The third kappa shape index (κ3) is 2.74. The van der Waals surface area contributed by atoms with Crippen LogP contribution >= 0.6 is 15.9 Å². The molecule has 2 aromatic rings. The number of imide groups is 1. The summed E-state index contributed by atoms with van der Waals surface area (Å²) in [6.45, 7) is 0. The number of carbonyl (C=O) groups is 2. The van der Waals surface area contributed by atoms with Crippen molar-refractivity contribution in [3.05, 3.63) is 58.8 Å². The molecule has 0 aromatic heterocycles. The molecular weight excluding hydrogens is 351 g/mol. The number of halogens is 2. The average molecular weight is 363 g/mol. The molecule has 0 bridgehead atoms. The molecule has 0 unspecified atom stereocenters. The molecule has 1 aliphatic heterocycles. The van der Waals surface area contributed by atoms with E-state index >= 15 is 0 Å². The summed E-state index contributed by atoms with van der Waals surface area (Å²) in [5.74, 6) is -1.06. The van der Waals surface area contributed by atoms with Crippen LogP contribution in [0, 0.1) is 5.82 Å². The fraction of sp³-hybridized carbons (Fsp3) is 0.125. The van der Waals surface area contributed by atoms with Crippen LogP contribution in [0.5, 0.6) is 0 Å². The number of amides is 2. The van der Waals surface area contributed by atoms with Gasteiger partial charge in [-0.2, -0.15) is 0 Å². The molecule has 0 aliphatic carbocycles. The third-order valence-electron chi connectivity index (χ3n) is 3.44. The predicted octanol–water partition coefficient (Wildman–Crippen LogP) is 3.33. The molecule has 22 heavy (non-hydrogen) atoms. The number of carbonyl (C=O) groups excluding carboxylic acids is 2. The van der Waals surface area contributed by atoms with E-state index in [0.717, 1.165) is 15.1 Å². The van der Waals surface area contributed by atoms with Crippen molar-refractivity contribution in [1.82, 2.24) is 0 Å². The number of anilines is 2. The molecule has 1 saturated heterocycles. The molecule has 2 amide bonds. The van der Waals surface area contributed by atoms with Gasteiger partial charge in [-0.25, -0.2) is 9.29 Å². The number of benzene rings is 2. The first kappa shape index (κ1) is 14.7. The lowest BCUT2D eigenvalue weighted by Gasteiger charge is -2.16. The van der Waals surface area contributed by atoms with Gasteiger partial charge in [-0.3, -0.25) is 9.59 Å². The van der Waals surface area contributed by atoms with Gasteiger partial charge in [-0.15, -0.1) is 0 Å². The summed E-state index contributed by atoms with van der Waals surface area (Å²) < 4.78 is 13.8. The van der Waals surface area contributed by atoms with Gasteiger partial charge in [0.2, 0.25) is 5.91 Å². The summed E-state index contributed by atoms with van der Waals surface area (Å²) in [5, 5.41) is 3.07. The Morgan fingerprint density at radius 2 is 1.77 bits per heavy atom. The average Bonchev–Trinajstić information content (AvgIpc) is 2.77. The quantitative estimate of drug-likeness (QED) is 0.852. The predicted molar refractivity (Wildman–Crippen MR) is 85.1 cm³/mol. The van der Waals surface area contributed by atoms with Gasteiger partial charge < -0.3 is 5.32 Å². The molecule has 1 aliphatic rings. The number of nitrogens with zero attached hydrogens (tertiary/aromatic N) is 1. The SMILES string of the molecule is O=C1C[C@@H](Nc2ccccc2Br)C(=O)N1c1ccc(F)cc1. The van der Waals surface area contributed by atoms with Gasteiger partial charge in [0.15, 0.2) is 0 Å². The van der Waals surface area contributed by atoms with Crippen LogP contribution in [-0.4, -0.2) is 17.9 Å². The summed E-state index contributed by atoms with van der Waals surface area (Å²) in [7, 11) is 0. The smallest absolute Gasteiger partial charge is 0.256 e. The molecule has 1 heterocycles. The highest BCUT2D eigenvalue weighted by Crippen LogP contribution is 2.28. The Kier molecular flexibility index (Phi) is 3.94. The second kappa shape index (κ2) is 5.88. The van der Waals surface area contributed by atoms with E-state index < -0.39 is 11.9 Å². The van der Waals surface area contributed by atoms with Gasteiger partial charge in [0.05, 0.1) is 12.1 Å². The number of nitrogens with one attached hydrogen (secondary N) is 1.